The second kappa shape index (κ2) is 12.6. The number of aryl methyl sites for hydroxylation is 1. The third-order valence-corrected chi connectivity index (χ3v) is 4.20. The predicted molar refractivity (Wildman–Crippen MR) is 118 cm³/mol. The Labute approximate surface area is 164 Å². The highest BCUT2D eigenvalue weighted by Gasteiger charge is 1.93. The molecule has 1 nitrogen and oxygen atoms in total. The number of ether oxygens (including phenoxy) is 1. The smallest absolute Gasteiger partial charge is 0.119 e. The fourth-order valence-corrected chi connectivity index (χ4v) is 2.64. The molecule has 2 aromatic rings. The molecular weight excluding hydrogens is 328 g/mol. The van der Waals surface area contributed by atoms with E-state index in [1.54, 1.807) is 0 Å². The van der Waals surface area contributed by atoms with Gasteiger partial charge in [0, 0.05) is 0 Å². The Balaban J connectivity index is 1.79. The SMILES string of the molecule is CCCCCc1ccc(C=CC#CC=Cc2ccc(OCCC)cc2)cc1. The summed E-state index contributed by atoms with van der Waals surface area (Å²) in [4.78, 5) is 0. The van der Waals surface area contributed by atoms with E-state index in [2.05, 4.69) is 56.0 Å². The predicted octanol–water partition coefficient (Wildman–Crippen LogP) is 6.94. The lowest BCUT2D eigenvalue weighted by molar-refractivity contribution is 0.317. The molecule has 0 radical (unpaired) electrons. The fraction of sp³-hybridized carbons (Fsp3) is 0.308. The molecule has 0 heterocycles. The second-order valence-electron chi connectivity index (χ2n) is 6.57. The first-order valence-electron chi connectivity index (χ1n) is 9.97. The average molecular weight is 359 g/mol. The van der Waals surface area contributed by atoms with Crippen LogP contribution in [0.5, 0.6) is 5.75 Å². The van der Waals surface area contributed by atoms with Gasteiger partial charge >= 0.3 is 0 Å². The van der Waals surface area contributed by atoms with E-state index < -0.39 is 0 Å². The summed E-state index contributed by atoms with van der Waals surface area (Å²) < 4.78 is 5.58. The Morgan fingerprint density at radius 1 is 0.741 bits per heavy atom. The average Bonchev–Trinajstić information content (AvgIpc) is 2.71. The van der Waals surface area contributed by atoms with Crippen molar-refractivity contribution in [3.63, 3.8) is 0 Å². The molecule has 0 aliphatic carbocycles. The minimum atomic E-state index is 0.759. The van der Waals surface area contributed by atoms with Crippen molar-refractivity contribution in [3.8, 4) is 17.6 Å². The van der Waals surface area contributed by atoms with Crippen molar-refractivity contribution in [2.24, 2.45) is 0 Å². The molecule has 0 atom stereocenters. The van der Waals surface area contributed by atoms with Gasteiger partial charge < -0.3 is 4.74 Å². The van der Waals surface area contributed by atoms with Crippen LogP contribution in [0.4, 0.5) is 0 Å². The minimum absolute atomic E-state index is 0.759. The quantitative estimate of drug-likeness (QED) is 0.348. The van der Waals surface area contributed by atoms with Crippen molar-refractivity contribution < 1.29 is 4.74 Å². The second-order valence-corrected chi connectivity index (χ2v) is 6.57. The summed E-state index contributed by atoms with van der Waals surface area (Å²) in [6, 6.07) is 16.8. The molecule has 0 saturated heterocycles. The van der Waals surface area contributed by atoms with Gasteiger partial charge in [-0.2, -0.15) is 0 Å². The Morgan fingerprint density at radius 2 is 1.33 bits per heavy atom. The van der Waals surface area contributed by atoms with Crippen LogP contribution in [-0.2, 0) is 6.42 Å². The van der Waals surface area contributed by atoms with Crippen LogP contribution in [0.3, 0.4) is 0 Å². The Kier molecular flexibility index (Phi) is 9.61. The van der Waals surface area contributed by atoms with E-state index in [0.29, 0.717) is 0 Å². The Morgan fingerprint density at radius 3 is 1.89 bits per heavy atom. The van der Waals surface area contributed by atoms with Crippen LogP contribution in [0.1, 0.15) is 56.2 Å². The van der Waals surface area contributed by atoms with Crippen molar-refractivity contribution in [2.45, 2.75) is 46.0 Å². The minimum Gasteiger partial charge on any atom is -0.494 e. The van der Waals surface area contributed by atoms with E-state index in [-0.39, 0.29) is 0 Å². The molecule has 27 heavy (non-hydrogen) atoms. The van der Waals surface area contributed by atoms with E-state index >= 15 is 0 Å². The van der Waals surface area contributed by atoms with Gasteiger partial charge in [0.2, 0.25) is 0 Å². The van der Waals surface area contributed by atoms with Gasteiger partial charge in [0.25, 0.3) is 0 Å². The van der Waals surface area contributed by atoms with E-state index in [1.165, 1.54) is 36.8 Å². The van der Waals surface area contributed by atoms with E-state index in [4.69, 9.17) is 4.74 Å². The third kappa shape index (κ3) is 8.47. The molecule has 0 saturated carbocycles. The number of allylic oxidation sites excluding steroid dienone is 2. The first-order chi connectivity index (χ1) is 13.3. The summed E-state index contributed by atoms with van der Waals surface area (Å²) in [5.41, 5.74) is 3.73. The van der Waals surface area contributed by atoms with Crippen LogP contribution in [0.2, 0.25) is 0 Å². The summed E-state index contributed by atoms with van der Waals surface area (Å²) in [5.74, 6) is 7.02. The molecule has 0 amide bonds. The molecule has 0 aromatic heterocycles. The van der Waals surface area contributed by atoms with Gasteiger partial charge in [0.15, 0.2) is 0 Å². The molecule has 2 rings (SSSR count). The lowest BCUT2D eigenvalue weighted by atomic mass is 10.1. The van der Waals surface area contributed by atoms with Crippen LogP contribution in [0.15, 0.2) is 60.7 Å². The summed E-state index contributed by atoms with van der Waals surface area (Å²) in [6.45, 7) is 5.10. The van der Waals surface area contributed by atoms with Crippen molar-refractivity contribution >= 4 is 12.2 Å². The fourth-order valence-electron chi connectivity index (χ4n) is 2.64. The molecule has 1 heteroatoms. The Bertz CT molecular complexity index is 768. The zero-order valence-electron chi connectivity index (χ0n) is 16.6. The maximum Gasteiger partial charge on any atom is 0.119 e. The molecule has 0 unspecified atom stereocenters. The number of rotatable bonds is 9. The number of hydrogen-bond acceptors (Lipinski definition) is 1. The van der Waals surface area contributed by atoms with Crippen molar-refractivity contribution in [2.75, 3.05) is 6.61 Å². The lowest BCUT2D eigenvalue weighted by Gasteiger charge is -2.03. The zero-order chi connectivity index (χ0) is 19.2. The van der Waals surface area contributed by atoms with Gasteiger partial charge in [-0.15, -0.1) is 0 Å². The molecule has 0 aliphatic rings. The first kappa shape index (κ1) is 20.6. The summed E-state index contributed by atoms with van der Waals surface area (Å²) in [5, 5.41) is 0. The van der Waals surface area contributed by atoms with Gasteiger partial charge in [0.05, 0.1) is 6.61 Å². The monoisotopic (exact) mass is 358 g/mol. The normalized spacial score (nSPS) is 10.9. The molecule has 0 spiro atoms. The van der Waals surface area contributed by atoms with Gasteiger partial charge in [-0.05, 0) is 72.4 Å². The highest BCUT2D eigenvalue weighted by molar-refractivity contribution is 5.56. The van der Waals surface area contributed by atoms with E-state index in [0.717, 1.165) is 24.3 Å². The standard InChI is InChI=1S/C26H30O/c1-3-5-8-11-23-14-16-24(17-15-23)12-9-6-7-10-13-25-18-20-26(21-19-25)27-22-4-2/h9-10,12-21H,3-5,8,11,22H2,1-2H3. The first-order valence-corrected chi connectivity index (χ1v) is 9.97. The Hall–Kier alpha value is -2.72. The maximum atomic E-state index is 5.58. The number of benzene rings is 2. The van der Waals surface area contributed by atoms with Crippen LogP contribution in [0, 0.1) is 11.8 Å². The topological polar surface area (TPSA) is 9.23 Å². The zero-order valence-corrected chi connectivity index (χ0v) is 16.6. The molecule has 0 fully saturated rings. The van der Waals surface area contributed by atoms with Crippen molar-refractivity contribution in [1.82, 2.24) is 0 Å². The maximum absolute atomic E-state index is 5.58. The highest BCUT2D eigenvalue weighted by Crippen LogP contribution is 2.13. The van der Waals surface area contributed by atoms with Gasteiger partial charge in [-0.25, -0.2) is 0 Å². The van der Waals surface area contributed by atoms with Gasteiger partial charge in [0.1, 0.15) is 5.75 Å². The molecule has 0 bridgehead atoms. The molecule has 0 N–H and O–H groups in total. The van der Waals surface area contributed by atoms with Gasteiger partial charge in [-0.1, -0.05) is 74.9 Å². The summed E-state index contributed by atoms with van der Waals surface area (Å²) >= 11 is 0. The molecular formula is C26H30O. The largest absolute Gasteiger partial charge is 0.494 e. The van der Waals surface area contributed by atoms with E-state index in [1.807, 2.05) is 42.5 Å². The molecule has 2 aromatic carbocycles. The third-order valence-electron chi connectivity index (χ3n) is 4.20. The lowest BCUT2D eigenvalue weighted by Crippen LogP contribution is -1.94. The van der Waals surface area contributed by atoms with Crippen LogP contribution < -0.4 is 4.74 Å². The summed E-state index contributed by atoms with van der Waals surface area (Å²) in [6.07, 6.45) is 13.9. The van der Waals surface area contributed by atoms with Crippen molar-refractivity contribution in [1.29, 1.82) is 0 Å². The summed E-state index contributed by atoms with van der Waals surface area (Å²) in [7, 11) is 0. The molecule has 0 aliphatic heterocycles. The van der Waals surface area contributed by atoms with Crippen LogP contribution >= 0.6 is 0 Å². The molecule has 140 valence electrons. The number of hydrogen-bond donors (Lipinski definition) is 0. The van der Waals surface area contributed by atoms with Crippen LogP contribution in [-0.4, -0.2) is 6.61 Å². The van der Waals surface area contributed by atoms with Crippen molar-refractivity contribution in [3.05, 3.63) is 77.4 Å². The van der Waals surface area contributed by atoms with E-state index in [9.17, 15) is 0 Å². The van der Waals surface area contributed by atoms with Gasteiger partial charge in [-0.3, -0.25) is 0 Å². The highest BCUT2D eigenvalue weighted by atomic mass is 16.5. The number of unbranched alkanes of at least 4 members (excludes halogenated alkanes) is 2. The van der Waals surface area contributed by atoms with Crippen LogP contribution in [0.25, 0.3) is 12.2 Å².